The van der Waals surface area contributed by atoms with Crippen LogP contribution < -0.4 is 0 Å². The molecule has 3 N–H and O–H groups in total. The van der Waals surface area contributed by atoms with Crippen LogP contribution in [0.15, 0.2) is 23.8 Å². The standard InChI is InChI=1S/C22H29F3O4S/c1-11-6-13-14-8-16(24)15-7-12(26)4-5-19(15,2)21(14,25)17(27)9-20(13,3)22(11,29)18(28)30-10-23/h4-5,7,11,13-14,16-17,27-30H,6,8-10H2,1-3H3/t11-,13+,14+,16+,17+,19+,20+,21+,22+/m1/s1. The Hall–Kier alpha value is -0.960. The second-order valence-electron chi connectivity index (χ2n) is 9.86. The first kappa shape index (κ1) is 22.2. The van der Waals surface area contributed by atoms with E-state index in [1.807, 2.05) is 0 Å². The van der Waals surface area contributed by atoms with Gasteiger partial charge in [-0.3, -0.25) is 4.79 Å². The molecule has 4 aliphatic rings. The summed E-state index contributed by atoms with van der Waals surface area (Å²) in [6, 6.07) is -0.877. The molecule has 9 atom stereocenters. The summed E-state index contributed by atoms with van der Waals surface area (Å²) < 4.78 is 45.2. The number of aliphatic hydroxyl groups excluding tert-OH is 2. The summed E-state index contributed by atoms with van der Waals surface area (Å²) >= 11 is -0.0671. The number of halogens is 3. The Bertz CT molecular complexity index is 874. The molecule has 0 heterocycles. The molecule has 0 amide bonds. The molecule has 0 bridgehead atoms. The van der Waals surface area contributed by atoms with Crippen LogP contribution in [0.4, 0.5) is 13.2 Å². The predicted octanol–water partition coefficient (Wildman–Crippen LogP) is 3.36. The number of carbonyl (C=O) groups excluding carboxylic acids is 1. The van der Waals surface area contributed by atoms with Crippen LogP contribution in [-0.4, -0.2) is 55.7 Å². The fourth-order valence-corrected chi connectivity index (χ4v) is 8.02. The fourth-order valence-electron chi connectivity index (χ4n) is 7.19. The van der Waals surface area contributed by atoms with Gasteiger partial charge >= 0.3 is 0 Å². The van der Waals surface area contributed by atoms with Crippen LogP contribution in [0.2, 0.25) is 0 Å². The lowest BCUT2D eigenvalue weighted by atomic mass is 9.44. The van der Waals surface area contributed by atoms with Crippen molar-refractivity contribution in [2.24, 2.45) is 28.6 Å². The lowest BCUT2D eigenvalue weighted by Crippen LogP contribution is -2.70. The minimum atomic E-state index is -2.23. The van der Waals surface area contributed by atoms with Crippen molar-refractivity contribution in [2.75, 3.05) is 6.01 Å². The Morgan fingerprint density at radius 1 is 1.30 bits per heavy atom. The number of alkyl halides is 3. The molecule has 0 saturated heterocycles. The van der Waals surface area contributed by atoms with Gasteiger partial charge in [0.05, 0.1) is 6.10 Å². The molecule has 168 valence electrons. The van der Waals surface area contributed by atoms with E-state index in [1.54, 1.807) is 13.8 Å². The Kier molecular flexibility index (Phi) is 5.02. The van der Waals surface area contributed by atoms with Crippen LogP contribution >= 0.6 is 11.4 Å². The second kappa shape index (κ2) is 6.77. The average Bonchev–Trinajstić information content (AvgIpc) is 2.88. The minimum absolute atomic E-state index is 0.0445. The summed E-state index contributed by atoms with van der Waals surface area (Å²) in [7, 11) is 0. The molecular formula is C22H29F3O4S. The number of aliphatic hydroxyl groups is 3. The third-order valence-corrected chi connectivity index (χ3v) is 9.52. The summed E-state index contributed by atoms with van der Waals surface area (Å²) in [5.74, 6) is -2.40. The van der Waals surface area contributed by atoms with E-state index in [1.165, 1.54) is 19.1 Å². The van der Waals surface area contributed by atoms with Crippen LogP contribution in [-0.2, 0) is 4.79 Å². The molecule has 30 heavy (non-hydrogen) atoms. The number of fused-ring (bicyclic) bond motifs is 5. The molecule has 4 rings (SSSR count). The lowest BCUT2D eigenvalue weighted by Gasteiger charge is -2.63. The lowest BCUT2D eigenvalue weighted by molar-refractivity contribution is -0.215. The van der Waals surface area contributed by atoms with Crippen LogP contribution in [0.5, 0.6) is 0 Å². The van der Waals surface area contributed by atoms with E-state index in [2.05, 4.69) is 0 Å². The van der Waals surface area contributed by atoms with Crippen molar-refractivity contribution in [1.29, 1.82) is 0 Å². The predicted molar refractivity (Wildman–Crippen MR) is 111 cm³/mol. The molecule has 0 unspecified atom stereocenters. The molecule has 4 nitrogen and oxygen atoms in total. The van der Waals surface area contributed by atoms with Crippen molar-refractivity contribution in [2.45, 2.75) is 63.6 Å². The summed E-state index contributed by atoms with van der Waals surface area (Å²) in [5, 5.41) is 32.8. The Labute approximate surface area is 177 Å². The SMILES string of the molecule is C[C@@H]1C[C@H]2[C@@H]3C[C@H](F)C4=CC(=O)C=C[C@]4(C)[C@@]3(F)[C@@H](O)C[C@]2(C)[C@@]1(O)C(O)=[SH]CF. The number of rotatable bonds is 2. The normalized spacial score (nSPS) is 53.4. The van der Waals surface area contributed by atoms with Gasteiger partial charge in [0, 0.05) is 16.7 Å². The zero-order chi connectivity index (χ0) is 22.3. The third kappa shape index (κ3) is 2.42. The van der Waals surface area contributed by atoms with E-state index in [-0.39, 0.29) is 29.8 Å². The smallest absolute Gasteiger partial charge is 0.178 e. The molecule has 0 spiro atoms. The molecule has 0 radical (unpaired) electrons. The average molecular weight is 447 g/mol. The quantitative estimate of drug-likeness (QED) is 0.388. The van der Waals surface area contributed by atoms with Crippen molar-refractivity contribution in [1.82, 2.24) is 0 Å². The van der Waals surface area contributed by atoms with Crippen molar-refractivity contribution in [3.63, 3.8) is 0 Å². The highest BCUT2D eigenvalue weighted by Crippen LogP contribution is 2.71. The monoisotopic (exact) mass is 446 g/mol. The number of hydrogen-bond donors (Lipinski definition) is 4. The fraction of sp³-hybridized carbons (Fsp3) is 0.727. The number of carbonyl (C=O) groups is 1. The van der Waals surface area contributed by atoms with Gasteiger partial charge in [0.15, 0.2) is 11.5 Å². The van der Waals surface area contributed by atoms with Gasteiger partial charge in [0.2, 0.25) is 0 Å². The van der Waals surface area contributed by atoms with Crippen LogP contribution in [0.25, 0.3) is 0 Å². The first-order valence-corrected chi connectivity index (χ1v) is 11.4. The summed E-state index contributed by atoms with van der Waals surface area (Å²) in [6.07, 6.45) is 0.522. The molecular weight excluding hydrogens is 417 g/mol. The second-order valence-corrected chi connectivity index (χ2v) is 10.8. The van der Waals surface area contributed by atoms with Gasteiger partial charge in [-0.2, -0.15) is 0 Å². The van der Waals surface area contributed by atoms with Gasteiger partial charge in [-0.15, -0.1) is 11.4 Å². The maximum atomic E-state index is 16.9. The van der Waals surface area contributed by atoms with Gasteiger partial charge in [0.25, 0.3) is 0 Å². The molecule has 0 aromatic rings. The Morgan fingerprint density at radius 2 is 1.97 bits per heavy atom. The zero-order valence-corrected chi connectivity index (χ0v) is 18.2. The molecule has 3 fully saturated rings. The van der Waals surface area contributed by atoms with Crippen molar-refractivity contribution in [3.05, 3.63) is 23.8 Å². The van der Waals surface area contributed by atoms with Gasteiger partial charge in [0.1, 0.15) is 22.8 Å². The van der Waals surface area contributed by atoms with E-state index in [4.69, 9.17) is 0 Å². The number of thiol groups is 1. The Balaban J connectivity index is 1.86. The first-order valence-electron chi connectivity index (χ1n) is 10.4. The van der Waals surface area contributed by atoms with Gasteiger partial charge in [-0.1, -0.05) is 19.9 Å². The van der Waals surface area contributed by atoms with E-state index in [9.17, 15) is 24.5 Å². The molecule has 0 aromatic heterocycles. The maximum Gasteiger partial charge on any atom is 0.178 e. The highest BCUT2D eigenvalue weighted by atomic mass is 32.1. The van der Waals surface area contributed by atoms with Crippen molar-refractivity contribution >= 4 is 22.2 Å². The molecule has 8 heteroatoms. The topological polar surface area (TPSA) is 77.8 Å². The minimum Gasteiger partial charge on any atom is -0.390 e. The van der Waals surface area contributed by atoms with Gasteiger partial charge in [-0.25, -0.2) is 13.2 Å². The first-order chi connectivity index (χ1) is 13.9. The largest absolute Gasteiger partial charge is 0.390 e. The summed E-state index contributed by atoms with van der Waals surface area (Å²) in [5.41, 5.74) is -6.64. The number of allylic oxidation sites excluding steroid dienone is 4. The van der Waals surface area contributed by atoms with E-state index in [0.29, 0.717) is 6.42 Å². The van der Waals surface area contributed by atoms with Crippen LogP contribution in [0.3, 0.4) is 0 Å². The molecule has 0 aliphatic heterocycles. The van der Waals surface area contributed by atoms with Gasteiger partial charge < -0.3 is 15.3 Å². The molecule has 4 aliphatic carbocycles. The zero-order valence-electron chi connectivity index (χ0n) is 17.3. The molecule has 0 aromatic carbocycles. The Morgan fingerprint density at radius 3 is 2.60 bits per heavy atom. The number of ketones is 1. The maximum absolute atomic E-state index is 16.9. The van der Waals surface area contributed by atoms with Crippen molar-refractivity contribution < 1.29 is 33.3 Å². The van der Waals surface area contributed by atoms with Crippen molar-refractivity contribution in [3.8, 4) is 0 Å². The van der Waals surface area contributed by atoms with E-state index < -0.39 is 69.0 Å². The van der Waals surface area contributed by atoms with Gasteiger partial charge in [-0.05, 0) is 55.7 Å². The molecule has 3 saturated carbocycles. The highest BCUT2D eigenvalue weighted by molar-refractivity contribution is 7.98. The van der Waals surface area contributed by atoms with E-state index in [0.717, 1.165) is 6.08 Å². The highest BCUT2D eigenvalue weighted by Gasteiger charge is 2.76. The third-order valence-electron chi connectivity index (χ3n) is 8.76. The van der Waals surface area contributed by atoms with E-state index >= 15 is 8.78 Å². The number of hydrogen-bond acceptors (Lipinski definition) is 3. The summed E-state index contributed by atoms with van der Waals surface area (Å²) in [4.78, 5) is 11.8. The van der Waals surface area contributed by atoms with Crippen LogP contribution in [0.1, 0.15) is 40.0 Å². The van der Waals surface area contributed by atoms with Crippen LogP contribution in [0, 0.1) is 28.6 Å². The summed E-state index contributed by atoms with van der Waals surface area (Å²) in [6.45, 7) is 4.90.